The van der Waals surface area contributed by atoms with E-state index in [1.165, 1.54) is 0 Å². The van der Waals surface area contributed by atoms with Crippen LogP contribution in [0.1, 0.15) is 5.56 Å². The Bertz CT molecular complexity index is 738. The zero-order valence-electron chi connectivity index (χ0n) is 10.9. The largest absolute Gasteiger partial charge is 0.508 e. The van der Waals surface area contributed by atoms with Crippen LogP contribution in [-0.4, -0.2) is 10.1 Å². The van der Waals surface area contributed by atoms with Gasteiger partial charge >= 0.3 is 0 Å². The molecule has 1 aromatic heterocycles. The topological polar surface area (TPSA) is 71.2 Å². The van der Waals surface area contributed by atoms with Gasteiger partial charge in [-0.05, 0) is 41.3 Å². The smallest absolute Gasteiger partial charge is 0.138 e. The molecule has 20 heavy (non-hydrogen) atoms. The maximum atomic E-state index is 9.62. The fourth-order valence-electron chi connectivity index (χ4n) is 2.12. The third kappa shape index (κ3) is 2.41. The van der Waals surface area contributed by atoms with E-state index in [9.17, 15) is 5.11 Å². The first-order valence-electron chi connectivity index (χ1n) is 6.40. The number of hydrogen-bond donors (Lipinski definition) is 3. The number of phenolic OH excluding ortho intramolecular Hbond substituents is 1. The SMILES string of the molecule is NCc1ccc(Nc2nccc3ccc(O)cc23)cc1. The molecule has 0 unspecified atom stereocenters. The van der Waals surface area contributed by atoms with Gasteiger partial charge in [-0.25, -0.2) is 4.98 Å². The van der Waals surface area contributed by atoms with Crippen LogP contribution in [-0.2, 0) is 6.54 Å². The fraction of sp³-hybridized carbons (Fsp3) is 0.0625. The Labute approximate surface area is 116 Å². The molecular formula is C16H15N3O. The molecule has 0 fully saturated rings. The van der Waals surface area contributed by atoms with Gasteiger partial charge in [0.1, 0.15) is 11.6 Å². The first kappa shape index (κ1) is 12.4. The maximum absolute atomic E-state index is 9.62. The molecule has 0 saturated carbocycles. The molecule has 0 radical (unpaired) electrons. The lowest BCUT2D eigenvalue weighted by Gasteiger charge is -2.09. The summed E-state index contributed by atoms with van der Waals surface area (Å²) in [4.78, 5) is 4.34. The van der Waals surface area contributed by atoms with E-state index in [0.717, 1.165) is 27.8 Å². The lowest BCUT2D eigenvalue weighted by molar-refractivity contribution is 0.476. The van der Waals surface area contributed by atoms with Crippen LogP contribution in [0.4, 0.5) is 11.5 Å². The number of nitrogens with zero attached hydrogens (tertiary/aromatic N) is 1. The number of nitrogens with two attached hydrogens (primary N) is 1. The number of phenols is 1. The second-order valence-corrected chi connectivity index (χ2v) is 4.59. The van der Waals surface area contributed by atoms with Gasteiger partial charge in [-0.2, -0.15) is 0 Å². The molecule has 2 aromatic carbocycles. The lowest BCUT2D eigenvalue weighted by atomic mass is 10.1. The molecule has 1 heterocycles. The van der Waals surface area contributed by atoms with Crippen molar-refractivity contribution in [2.24, 2.45) is 5.73 Å². The zero-order chi connectivity index (χ0) is 13.9. The Balaban J connectivity index is 1.99. The van der Waals surface area contributed by atoms with Gasteiger partial charge in [0.15, 0.2) is 0 Å². The second-order valence-electron chi connectivity index (χ2n) is 4.59. The summed E-state index contributed by atoms with van der Waals surface area (Å²) < 4.78 is 0. The molecule has 0 saturated heterocycles. The highest BCUT2D eigenvalue weighted by atomic mass is 16.3. The van der Waals surface area contributed by atoms with Crippen LogP contribution < -0.4 is 11.1 Å². The van der Waals surface area contributed by atoms with E-state index in [0.29, 0.717) is 6.54 Å². The first-order valence-corrected chi connectivity index (χ1v) is 6.40. The molecule has 100 valence electrons. The van der Waals surface area contributed by atoms with Crippen LogP contribution in [0, 0.1) is 0 Å². The molecule has 0 aliphatic heterocycles. The van der Waals surface area contributed by atoms with Crippen molar-refractivity contribution in [3.8, 4) is 5.75 Å². The Hall–Kier alpha value is -2.59. The minimum atomic E-state index is 0.229. The summed E-state index contributed by atoms with van der Waals surface area (Å²) in [6, 6.07) is 15.0. The molecule has 0 amide bonds. The monoisotopic (exact) mass is 265 g/mol. The number of pyridine rings is 1. The Morgan fingerprint density at radius 3 is 2.60 bits per heavy atom. The third-order valence-electron chi connectivity index (χ3n) is 3.20. The summed E-state index contributed by atoms with van der Waals surface area (Å²) >= 11 is 0. The summed E-state index contributed by atoms with van der Waals surface area (Å²) in [6.07, 6.45) is 1.75. The molecule has 4 N–H and O–H groups in total. The van der Waals surface area contributed by atoms with E-state index in [1.807, 2.05) is 36.4 Å². The number of fused-ring (bicyclic) bond motifs is 1. The number of aromatic hydroxyl groups is 1. The third-order valence-corrected chi connectivity index (χ3v) is 3.20. The van der Waals surface area contributed by atoms with Crippen molar-refractivity contribution in [2.75, 3.05) is 5.32 Å². The van der Waals surface area contributed by atoms with Gasteiger partial charge in [0.25, 0.3) is 0 Å². The van der Waals surface area contributed by atoms with E-state index in [4.69, 9.17) is 5.73 Å². The molecule has 0 atom stereocenters. The molecule has 0 aliphatic carbocycles. The summed E-state index contributed by atoms with van der Waals surface area (Å²) in [5.41, 5.74) is 7.60. The average Bonchev–Trinajstić information content (AvgIpc) is 2.49. The van der Waals surface area contributed by atoms with Crippen molar-refractivity contribution in [1.29, 1.82) is 0 Å². The van der Waals surface area contributed by atoms with Gasteiger partial charge in [0, 0.05) is 23.8 Å². The Kier molecular flexibility index (Phi) is 3.23. The summed E-state index contributed by atoms with van der Waals surface area (Å²) in [5.74, 6) is 0.950. The maximum Gasteiger partial charge on any atom is 0.138 e. The number of rotatable bonds is 3. The molecular weight excluding hydrogens is 250 g/mol. The van der Waals surface area contributed by atoms with Crippen molar-refractivity contribution < 1.29 is 5.11 Å². The zero-order valence-corrected chi connectivity index (χ0v) is 10.9. The van der Waals surface area contributed by atoms with Crippen molar-refractivity contribution in [3.05, 3.63) is 60.3 Å². The minimum Gasteiger partial charge on any atom is -0.508 e. The lowest BCUT2D eigenvalue weighted by Crippen LogP contribution is -1.97. The number of anilines is 2. The molecule has 4 heteroatoms. The number of hydrogen-bond acceptors (Lipinski definition) is 4. The highest BCUT2D eigenvalue weighted by molar-refractivity contribution is 5.94. The van der Waals surface area contributed by atoms with Gasteiger partial charge in [-0.3, -0.25) is 0 Å². The summed E-state index contributed by atoms with van der Waals surface area (Å²) in [6.45, 7) is 0.528. The number of benzene rings is 2. The van der Waals surface area contributed by atoms with E-state index in [-0.39, 0.29) is 5.75 Å². The van der Waals surface area contributed by atoms with Gasteiger partial charge in [0.2, 0.25) is 0 Å². The second kappa shape index (κ2) is 5.19. The Morgan fingerprint density at radius 2 is 1.85 bits per heavy atom. The van der Waals surface area contributed by atoms with Gasteiger partial charge in [-0.15, -0.1) is 0 Å². The van der Waals surface area contributed by atoms with Crippen LogP contribution >= 0.6 is 0 Å². The van der Waals surface area contributed by atoms with E-state index >= 15 is 0 Å². The molecule has 3 rings (SSSR count). The van der Waals surface area contributed by atoms with E-state index < -0.39 is 0 Å². The van der Waals surface area contributed by atoms with Gasteiger partial charge in [-0.1, -0.05) is 18.2 Å². The van der Waals surface area contributed by atoms with Crippen LogP contribution in [0.15, 0.2) is 54.7 Å². The highest BCUT2D eigenvalue weighted by Gasteiger charge is 2.04. The standard InChI is InChI=1S/C16H15N3O/c17-10-11-1-4-13(5-2-11)19-16-15-9-14(20)6-3-12(15)7-8-18-16/h1-9,20H,10,17H2,(H,18,19). The van der Waals surface area contributed by atoms with Crippen LogP contribution in [0.2, 0.25) is 0 Å². The van der Waals surface area contributed by atoms with E-state index in [2.05, 4.69) is 10.3 Å². The quantitative estimate of drug-likeness (QED) is 0.680. The molecule has 0 spiro atoms. The molecule has 0 aliphatic rings. The van der Waals surface area contributed by atoms with Crippen LogP contribution in [0.3, 0.4) is 0 Å². The van der Waals surface area contributed by atoms with Crippen molar-refractivity contribution in [1.82, 2.24) is 4.98 Å². The molecule has 3 aromatic rings. The van der Waals surface area contributed by atoms with Crippen molar-refractivity contribution in [3.63, 3.8) is 0 Å². The predicted molar refractivity (Wildman–Crippen MR) is 81.0 cm³/mol. The normalized spacial score (nSPS) is 10.7. The number of aromatic nitrogens is 1. The molecule has 0 bridgehead atoms. The predicted octanol–water partition coefficient (Wildman–Crippen LogP) is 3.14. The van der Waals surface area contributed by atoms with Gasteiger partial charge in [0.05, 0.1) is 0 Å². The van der Waals surface area contributed by atoms with Crippen LogP contribution in [0.25, 0.3) is 10.8 Å². The summed E-state index contributed by atoms with van der Waals surface area (Å²) in [5, 5.41) is 14.8. The van der Waals surface area contributed by atoms with Crippen LogP contribution in [0.5, 0.6) is 5.75 Å². The Morgan fingerprint density at radius 1 is 1.05 bits per heavy atom. The van der Waals surface area contributed by atoms with Crippen molar-refractivity contribution >= 4 is 22.3 Å². The van der Waals surface area contributed by atoms with Gasteiger partial charge < -0.3 is 16.2 Å². The van der Waals surface area contributed by atoms with E-state index in [1.54, 1.807) is 18.3 Å². The minimum absolute atomic E-state index is 0.229. The first-order chi connectivity index (χ1) is 9.76. The number of nitrogens with one attached hydrogen (secondary N) is 1. The highest BCUT2D eigenvalue weighted by Crippen LogP contribution is 2.27. The molecule has 4 nitrogen and oxygen atoms in total. The van der Waals surface area contributed by atoms with Crippen molar-refractivity contribution in [2.45, 2.75) is 6.54 Å². The fourth-order valence-corrected chi connectivity index (χ4v) is 2.12. The average molecular weight is 265 g/mol. The summed E-state index contributed by atoms with van der Waals surface area (Å²) in [7, 11) is 0.